The second-order valence-corrected chi connectivity index (χ2v) is 6.87. The molecule has 21 heavy (non-hydrogen) atoms. The molecule has 1 aromatic heterocycles. The van der Waals surface area contributed by atoms with Crippen molar-refractivity contribution in [3.05, 3.63) is 47.4 Å². The lowest BCUT2D eigenvalue weighted by atomic mass is 10.2. The van der Waals surface area contributed by atoms with E-state index in [1.165, 1.54) is 18.4 Å². The molecule has 1 aromatic carbocycles. The Hall–Kier alpha value is -1.79. The van der Waals surface area contributed by atoms with E-state index < -0.39 is 9.84 Å². The fourth-order valence-corrected chi connectivity index (χ4v) is 2.59. The molecule has 0 spiro atoms. The molecule has 0 atom stereocenters. The van der Waals surface area contributed by atoms with Crippen molar-refractivity contribution in [3.63, 3.8) is 0 Å². The molecule has 0 aliphatic carbocycles. The Morgan fingerprint density at radius 2 is 1.90 bits per heavy atom. The summed E-state index contributed by atoms with van der Waals surface area (Å²) in [5.41, 5.74) is 1.10. The van der Waals surface area contributed by atoms with Gasteiger partial charge in [-0.2, -0.15) is 0 Å². The zero-order chi connectivity index (χ0) is 15.5. The Kier molecular flexibility index (Phi) is 4.69. The number of nitrogens with one attached hydrogen (secondary N) is 1. The average molecular weight is 309 g/mol. The van der Waals surface area contributed by atoms with E-state index in [9.17, 15) is 8.42 Å². The van der Waals surface area contributed by atoms with Crippen molar-refractivity contribution >= 4 is 9.84 Å². The molecule has 5 nitrogen and oxygen atoms in total. The molecule has 0 radical (unpaired) electrons. The maximum atomic E-state index is 11.4. The van der Waals surface area contributed by atoms with Crippen molar-refractivity contribution in [1.82, 2.24) is 5.32 Å². The molecule has 6 heteroatoms. The quantitative estimate of drug-likeness (QED) is 0.886. The lowest BCUT2D eigenvalue weighted by molar-refractivity contribution is 0.267. The molecular formula is C15H19NO4S. The van der Waals surface area contributed by atoms with Crippen LogP contribution < -0.4 is 10.1 Å². The number of hydrogen-bond donors (Lipinski definition) is 1. The molecule has 2 rings (SSSR count). The first-order valence-electron chi connectivity index (χ1n) is 6.56. The molecule has 114 valence electrons. The Labute approximate surface area is 124 Å². The smallest absolute Gasteiger partial charge is 0.175 e. The van der Waals surface area contributed by atoms with E-state index in [0.717, 1.165) is 23.6 Å². The minimum Gasteiger partial charge on any atom is -0.486 e. The van der Waals surface area contributed by atoms with Gasteiger partial charge in [-0.1, -0.05) is 0 Å². The normalized spacial score (nSPS) is 11.6. The van der Waals surface area contributed by atoms with Gasteiger partial charge in [-0.15, -0.1) is 0 Å². The molecular weight excluding hydrogens is 290 g/mol. The van der Waals surface area contributed by atoms with Gasteiger partial charge in [0.25, 0.3) is 0 Å². The predicted octanol–water partition coefficient (Wildman–Crippen LogP) is 2.29. The van der Waals surface area contributed by atoms with Gasteiger partial charge in [0.15, 0.2) is 9.84 Å². The number of rotatable bonds is 6. The minimum absolute atomic E-state index is 0.278. The largest absolute Gasteiger partial charge is 0.486 e. The molecule has 0 unspecified atom stereocenters. The lowest BCUT2D eigenvalue weighted by Crippen LogP contribution is -2.04. The Balaban J connectivity index is 2.01. The van der Waals surface area contributed by atoms with E-state index in [4.69, 9.17) is 9.15 Å². The van der Waals surface area contributed by atoms with Crippen molar-refractivity contribution in [3.8, 4) is 5.75 Å². The first kappa shape index (κ1) is 15.6. The Morgan fingerprint density at radius 1 is 1.24 bits per heavy atom. The van der Waals surface area contributed by atoms with E-state index in [1.807, 2.05) is 20.0 Å². The van der Waals surface area contributed by atoms with E-state index in [0.29, 0.717) is 12.4 Å². The third-order valence-electron chi connectivity index (χ3n) is 3.07. The van der Waals surface area contributed by atoms with Crippen molar-refractivity contribution in [2.75, 3.05) is 13.3 Å². The summed E-state index contributed by atoms with van der Waals surface area (Å²) in [5.74, 6) is 2.21. The SMILES string of the molecule is CNCc1cc(COc2ccc(S(C)(=O)=O)cc2)oc1C. The molecule has 0 amide bonds. The Morgan fingerprint density at radius 3 is 2.48 bits per heavy atom. The van der Waals surface area contributed by atoms with Crippen LogP contribution in [-0.2, 0) is 23.0 Å². The lowest BCUT2D eigenvalue weighted by Gasteiger charge is -2.05. The van der Waals surface area contributed by atoms with E-state index >= 15 is 0 Å². The summed E-state index contributed by atoms with van der Waals surface area (Å²) < 4.78 is 33.9. The van der Waals surface area contributed by atoms with Crippen LogP contribution in [0.3, 0.4) is 0 Å². The predicted molar refractivity (Wildman–Crippen MR) is 80.1 cm³/mol. The summed E-state index contributed by atoms with van der Waals surface area (Å²) in [4.78, 5) is 0.278. The molecule has 0 aliphatic rings. The summed E-state index contributed by atoms with van der Waals surface area (Å²) in [6.45, 7) is 2.97. The van der Waals surface area contributed by atoms with E-state index in [2.05, 4.69) is 5.32 Å². The van der Waals surface area contributed by atoms with Crippen LogP contribution in [0.15, 0.2) is 39.6 Å². The standard InChI is InChI=1S/C15H19NO4S/c1-11-12(9-16-2)8-14(20-11)10-19-13-4-6-15(7-5-13)21(3,17)18/h4-8,16H,9-10H2,1-3H3. The van der Waals surface area contributed by atoms with Crippen molar-refractivity contribution < 1.29 is 17.6 Å². The summed E-state index contributed by atoms with van der Waals surface area (Å²) in [7, 11) is -1.30. The molecule has 0 saturated carbocycles. The maximum Gasteiger partial charge on any atom is 0.175 e. The minimum atomic E-state index is -3.18. The molecule has 1 N–H and O–H groups in total. The fourth-order valence-electron chi connectivity index (χ4n) is 1.96. The van der Waals surface area contributed by atoms with Crippen molar-refractivity contribution in [2.24, 2.45) is 0 Å². The highest BCUT2D eigenvalue weighted by atomic mass is 32.2. The van der Waals surface area contributed by atoms with E-state index in [1.54, 1.807) is 12.1 Å². The molecule has 0 aliphatic heterocycles. The van der Waals surface area contributed by atoms with Gasteiger partial charge in [0, 0.05) is 18.4 Å². The molecule has 2 aromatic rings. The van der Waals surface area contributed by atoms with Crippen LogP contribution in [0.5, 0.6) is 5.75 Å². The van der Waals surface area contributed by atoms with E-state index in [-0.39, 0.29) is 4.90 Å². The fraction of sp³-hybridized carbons (Fsp3) is 0.333. The molecule has 0 saturated heterocycles. The monoisotopic (exact) mass is 309 g/mol. The summed E-state index contributed by atoms with van der Waals surface area (Å²) in [6, 6.07) is 8.30. The maximum absolute atomic E-state index is 11.4. The molecule has 1 heterocycles. The highest BCUT2D eigenvalue weighted by Gasteiger charge is 2.09. The first-order valence-corrected chi connectivity index (χ1v) is 8.45. The zero-order valence-electron chi connectivity index (χ0n) is 12.3. The number of furan rings is 1. The topological polar surface area (TPSA) is 68.5 Å². The zero-order valence-corrected chi connectivity index (χ0v) is 13.2. The van der Waals surface area contributed by atoms with Gasteiger partial charge in [0.1, 0.15) is 23.9 Å². The first-order chi connectivity index (χ1) is 9.90. The highest BCUT2D eigenvalue weighted by Crippen LogP contribution is 2.19. The number of sulfone groups is 1. The summed E-state index contributed by atoms with van der Waals surface area (Å²) in [6.07, 6.45) is 1.18. The van der Waals surface area contributed by atoms with Crippen molar-refractivity contribution in [2.45, 2.75) is 25.0 Å². The van der Waals surface area contributed by atoms with Crippen LogP contribution in [0.25, 0.3) is 0 Å². The average Bonchev–Trinajstić information content (AvgIpc) is 2.77. The Bertz CT molecular complexity index is 702. The number of benzene rings is 1. The van der Waals surface area contributed by atoms with Crippen LogP contribution in [0, 0.1) is 6.92 Å². The van der Waals surface area contributed by atoms with Gasteiger partial charge >= 0.3 is 0 Å². The van der Waals surface area contributed by atoms with Gasteiger partial charge in [-0.05, 0) is 44.3 Å². The number of hydrogen-bond acceptors (Lipinski definition) is 5. The van der Waals surface area contributed by atoms with Gasteiger partial charge in [0.05, 0.1) is 4.90 Å². The van der Waals surface area contributed by atoms with Gasteiger partial charge in [-0.3, -0.25) is 0 Å². The third-order valence-corrected chi connectivity index (χ3v) is 4.20. The van der Waals surface area contributed by atoms with Crippen LogP contribution in [0.2, 0.25) is 0 Å². The van der Waals surface area contributed by atoms with Gasteiger partial charge in [0.2, 0.25) is 0 Å². The summed E-state index contributed by atoms with van der Waals surface area (Å²) in [5, 5.41) is 3.07. The van der Waals surface area contributed by atoms with Crippen LogP contribution in [0.4, 0.5) is 0 Å². The summed E-state index contributed by atoms with van der Waals surface area (Å²) >= 11 is 0. The molecule has 0 fully saturated rings. The molecule has 0 bridgehead atoms. The van der Waals surface area contributed by atoms with Gasteiger partial charge < -0.3 is 14.5 Å². The number of ether oxygens (including phenoxy) is 1. The highest BCUT2D eigenvalue weighted by molar-refractivity contribution is 7.90. The van der Waals surface area contributed by atoms with Gasteiger partial charge in [-0.25, -0.2) is 8.42 Å². The number of aryl methyl sites for hydroxylation is 1. The van der Waals surface area contributed by atoms with Crippen molar-refractivity contribution in [1.29, 1.82) is 0 Å². The van der Waals surface area contributed by atoms with Crippen LogP contribution in [0.1, 0.15) is 17.1 Å². The second-order valence-electron chi connectivity index (χ2n) is 4.86. The third kappa shape index (κ3) is 4.09. The second kappa shape index (κ2) is 6.32. The van der Waals surface area contributed by atoms with Crippen LogP contribution in [-0.4, -0.2) is 21.7 Å². The van der Waals surface area contributed by atoms with Crippen LogP contribution >= 0.6 is 0 Å².